The molecule has 1 aromatic heterocycles. The van der Waals surface area contributed by atoms with Crippen molar-refractivity contribution in [3.63, 3.8) is 0 Å². The van der Waals surface area contributed by atoms with E-state index in [1.54, 1.807) is 33.2 Å². The summed E-state index contributed by atoms with van der Waals surface area (Å²) in [6.45, 7) is 1.74. The van der Waals surface area contributed by atoms with E-state index < -0.39 is 0 Å². The molecule has 1 heterocycles. The molecule has 0 unspecified atom stereocenters. The van der Waals surface area contributed by atoms with Crippen LogP contribution in [0.2, 0.25) is 5.02 Å². The summed E-state index contributed by atoms with van der Waals surface area (Å²) >= 11 is 7.18. The van der Waals surface area contributed by atoms with Crippen LogP contribution in [0, 0.1) is 6.92 Å². The molecule has 0 bridgehead atoms. The number of halogens is 1. The van der Waals surface area contributed by atoms with Gasteiger partial charge in [-0.05, 0) is 24.6 Å². The van der Waals surface area contributed by atoms with E-state index in [4.69, 9.17) is 11.6 Å². The first-order valence-electron chi connectivity index (χ1n) is 6.81. The van der Waals surface area contributed by atoms with Crippen LogP contribution in [0.4, 0.5) is 5.13 Å². The van der Waals surface area contributed by atoms with Gasteiger partial charge in [-0.25, -0.2) is 4.98 Å². The molecule has 0 radical (unpaired) electrons. The number of carbonyl (C=O) groups excluding carboxylic acids is 2. The molecular formula is C16H16ClN3O2S. The standard InChI is InChI=1S/C16H16ClN3O2S/c1-10-14(15(22)20(2)3)23-16(18-10)19-13(21)9-8-11-6-4-5-7-12(11)17/h4-9H,1-3H3,(H,18,19,21). The fourth-order valence-electron chi connectivity index (χ4n) is 1.77. The Morgan fingerprint density at radius 3 is 2.65 bits per heavy atom. The minimum atomic E-state index is -0.331. The van der Waals surface area contributed by atoms with Gasteiger partial charge in [0.25, 0.3) is 5.91 Å². The molecule has 1 aromatic carbocycles. The number of anilines is 1. The quantitative estimate of drug-likeness (QED) is 0.860. The van der Waals surface area contributed by atoms with Crippen molar-refractivity contribution in [3.8, 4) is 0 Å². The van der Waals surface area contributed by atoms with Gasteiger partial charge >= 0.3 is 0 Å². The molecule has 23 heavy (non-hydrogen) atoms. The number of carbonyl (C=O) groups is 2. The van der Waals surface area contributed by atoms with Crippen LogP contribution < -0.4 is 5.32 Å². The smallest absolute Gasteiger partial charge is 0.265 e. The number of hydrogen-bond donors (Lipinski definition) is 1. The van der Waals surface area contributed by atoms with Gasteiger partial charge in [0.1, 0.15) is 4.88 Å². The summed E-state index contributed by atoms with van der Waals surface area (Å²) in [5.41, 5.74) is 1.35. The van der Waals surface area contributed by atoms with E-state index in [1.807, 2.05) is 18.2 Å². The number of aryl methyl sites for hydroxylation is 1. The van der Waals surface area contributed by atoms with Gasteiger partial charge < -0.3 is 4.90 Å². The highest BCUT2D eigenvalue weighted by Gasteiger charge is 2.17. The number of nitrogens with zero attached hydrogens (tertiary/aromatic N) is 2. The van der Waals surface area contributed by atoms with Crippen LogP contribution in [0.25, 0.3) is 6.08 Å². The monoisotopic (exact) mass is 349 g/mol. The van der Waals surface area contributed by atoms with Crippen LogP contribution in [0.1, 0.15) is 20.9 Å². The summed E-state index contributed by atoms with van der Waals surface area (Å²) in [7, 11) is 3.35. The van der Waals surface area contributed by atoms with Crippen LogP contribution in [0.15, 0.2) is 30.3 Å². The molecule has 5 nitrogen and oxygen atoms in total. The van der Waals surface area contributed by atoms with Crippen LogP contribution in [0.5, 0.6) is 0 Å². The minimum Gasteiger partial charge on any atom is -0.344 e. The third kappa shape index (κ3) is 4.40. The predicted octanol–water partition coefficient (Wildman–Crippen LogP) is 3.46. The summed E-state index contributed by atoms with van der Waals surface area (Å²) in [6.07, 6.45) is 3.01. The maximum Gasteiger partial charge on any atom is 0.265 e. The zero-order valence-electron chi connectivity index (χ0n) is 13.0. The van der Waals surface area contributed by atoms with E-state index in [-0.39, 0.29) is 11.8 Å². The fraction of sp³-hybridized carbons (Fsp3) is 0.188. The second kappa shape index (κ2) is 7.39. The molecule has 1 N–H and O–H groups in total. The Morgan fingerprint density at radius 2 is 2.00 bits per heavy atom. The number of rotatable bonds is 4. The summed E-state index contributed by atoms with van der Waals surface area (Å²) in [5, 5.41) is 3.61. The molecule has 0 saturated carbocycles. The number of thiazole rings is 1. The average Bonchev–Trinajstić information content (AvgIpc) is 2.86. The third-order valence-corrected chi connectivity index (χ3v) is 4.35. The highest BCUT2D eigenvalue weighted by molar-refractivity contribution is 7.17. The second-order valence-corrected chi connectivity index (χ2v) is 6.38. The molecule has 2 aromatic rings. The molecule has 0 aliphatic heterocycles. The molecular weight excluding hydrogens is 334 g/mol. The van der Waals surface area contributed by atoms with Gasteiger partial charge in [0.2, 0.25) is 5.91 Å². The highest BCUT2D eigenvalue weighted by Crippen LogP contribution is 2.23. The normalized spacial score (nSPS) is 10.8. The molecule has 0 spiro atoms. The lowest BCUT2D eigenvalue weighted by Crippen LogP contribution is -2.21. The highest BCUT2D eigenvalue weighted by atomic mass is 35.5. The van der Waals surface area contributed by atoms with Crippen molar-refractivity contribution in [2.24, 2.45) is 0 Å². The van der Waals surface area contributed by atoms with Crippen LogP contribution in [-0.2, 0) is 4.79 Å². The lowest BCUT2D eigenvalue weighted by molar-refractivity contribution is -0.111. The molecule has 7 heteroatoms. The van der Waals surface area contributed by atoms with Crippen molar-refractivity contribution >= 4 is 46.0 Å². The maximum atomic E-state index is 12.0. The number of nitrogens with one attached hydrogen (secondary N) is 1. The Morgan fingerprint density at radius 1 is 1.30 bits per heavy atom. The van der Waals surface area contributed by atoms with Crippen LogP contribution in [-0.4, -0.2) is 35.8 Å². The molecule has 120 valence electrons. The first-order chi connectivity index (χ1) is 10.9. The summed E-state index contributed by atoms with van der Waals surface area (Å²) in [4.78, 5) is 30.1. The van der Waals surface area contributed by atoms with E-state index in [0.29, 0.717) is 20.7 Å². The van der Waals surface area contributed by atoms with Gasteiger partial charge in [0, 0.05) is 25.2 Å². The van der Waals surface area contributed by atoms with Crippen LogP contribution in [0.3, 0.4) is 0 Å². The topological polar surface area (TPSA) is 62.3 Å². The predicted molar refractivity (Wildman–Crippen MR) is 94.0 cm³/mol. The Balaban J connectivity index is 2.08. The van der Waals surface area contributed by atoms with Gasteiger partial charge in [0.15, 0.2) is 5.13 Å². The van der Waals surface area contributed by atoms with Crippen LogP contribution >= 0.6 is 22.9 Å². The molecule has 0 saturated heterocycles. The molecule has 0 aliphatic carbocycles. The third-order valence-electron chi connectivity index (χ3n) is 2.95. The van der Waals surface area contributed by atoms with Gasteiger partial charge in [-0.3, -0.25) is 14.9 Å². The Labute approximate surface area is 143 Å². The first-order valence-corrected chi connectivity index (χ1v) is 8.00. The summed E-state index contributed by atoms with van der Waals surface area (Å²) in [6, 6.07) is 7.23. The number of benzene rings is 1. The summed E-state index contributed by atoms with van der Waals surface area (Å²) < 4.78 is 0. The second-order valence-electron chi connectivity index (χ2n) is 4.98. The Hall–Kier alpha value is -2.18. The van der Waals surface area contributed by atoms with Gasteiger partial charge in [-0.15, -0.1) is 0 Å². The SMILES string of the molecule is Cc1nc(NC(=O)C=Cc2ccccc2Cl)sc1C(=O)N(C)C. The fourth-order valence-corrected chi connectivity index (χ4v) is 2.96. The average molecular weight is 350 g/mol. The van der Waals surface area contributed by atoms with Crippen molar-refractivity contribution in [2.45, 2.75) is 6.92 Å². The van der Waals surface area contributed by atoms with E-state index in [2.05, 4.69) is 10.3 Å². The Kier molecular flexibility index (Phi) is 5.52. The molecule has 2 amide bonds. The Bertz CT molecular complexity index is 768. The largest absolute Gasteiger partial charge is 0.344 e. The number of hydrogen-bond acceptors (Lipinski definition) is 4. The van der Waals surface area contributed by atoms with Crippen molar-refractivity contribution < 1.29 is 9.59 Å². The van der Waals surface area contributed by atoms with E-state index in [9.17, 15) is 9.59 Å². The number of aromatic nitrogens is 1. The molecule has 0 atom stereocenters. The van der Waals surface area contributed by atoms with E-state index >= 15 is 0 Å². The van der Waals surface area contributed by atoms with Gasteiger partial charge in [0.05, 0.1) is 5.69 Å². The molecule has 0 fully saturated rings. The van der Waals surface area contributed by atoms with Crippen molar-refractivity contribution in [3.05, 3.63) is 51.5 Å². The zero-order valence-corrected chi connectivity index (χ0v) is 14.5. The van der Waals surface area contributed by atoms with E-state index in [1.165, 1.54) is 11.0 Å². The molecule has 0 aliphatic rings. The van der Waals surface area contributed by atoms with Gasteiger partial charge in [-0.1, -0.05) is 41.1 Å². The van der Waals surface area contributed by atoms with Gasteiger partial charge in [-0.2, -0.15) is 0 Å². The maximum absolute atomic E-state index is 12.0. The molecule has 2 rings (SSSR count). The first kappa shape index (κ1) is 17.2. The zero-order chi connectivity index (χ0) is 17.0. The minimum absolute atomic E-state index is 0.132. The van der Waals surface area contributed by atoms with Crippen molar-refractivity contribution in [1.82, 2.24) is 9.88 Å². The lowest BCUT2D eigenvalue weighted by atomic mass is 10.2. The lowest BCUT2D eigenvalue weighted by Gasteiger charge is -2.07. The summed E-state index contributed by atoms with van der Waals surface area (Å²) in [5.74, 6) is -0.463. The number of amides is 2. The van der Waals surface area contributed by atoms with E-state index in [0.717, 1.165) is 16.9 Å². The van der Waals surface area contributed by atoms with Crippen molar-refractivity contribution in [2.75, 3.05) is 19.4 Å². The van der Waals surface area contributed by atoms with Crippen molar-refractivity contribution in [1.29, 1.82) is 0 Å².